The van der Waals surface area contributed by atoms with Crippen LogP contribution in [0, 0.1) is 11.3 Å². The van der Waals surface area contributed by atoms with Gasteiger partial charge >= 0.3 is 0 Å². The maximum absolute atomic E-state index is 13.5. The number of aldehydes is 1. The van der Waals surface area contributed by atoms with Gasteiger partial charge in [-0.1, -0.05) is 19.1 Å². The van der Waals surface area contributed by atoms with Gasteiger partial charge in [-0.05, 0) is 78.0 Å². The number of aliphatic imine (C=N–C) groups is 1. The second-order valence-electron chi connectivity index (χ2n) is 9.42. The third-order valence-electron chi connectivity index (χ3n) is 6.38. The molecule has 0 spiro atoms. The van der Waals surface area contributed by atoms with Gasteiger partial charge in [-0.3, -0.25) is 19.4 Å². The minimum Gasteiger partial charge on any atom is -0.381 e. The fraction of sp³-hybridized carbons (Fsp3) is 0.467. The molecule has 1 aromatic heterocycles. The van der Waals surface area contributed by atoms with Crippen LogP contribution in [0.4, 0.5) is 11.5 Å². The highest BCUT2D eigenvalue weighted by Gasteiger charge is 2.16. The van der Waals surface area contributed by atoms with E-state index in [2.05, 4.69) is 57.0 Å². The summed E-state index contributed by atoms with van der Waals surface area (Å²) in [6.45, 7) is 9.94. The fourth-order valence-corrected chi connectivity index (χ4v) is 3.92. The first-order valence-corrected chi connectivity index (χ1v) is 13.8. The van der Waals surface area contributed by atoms with Crippen molar-refractivity contribution in [3.8, 4) is 6.07 Å². The summed E-state index contributed by atoms with van der Waals surface area (Å²) >= 11 is 0. The topological polar surface area (TPSA) is 152 Å². The van der Waals surface area contributed by atoms with Crippen molar-refractivity contribution in [3.63, 3.8) is 0 Å². The lowest BCUT2D eigenvalue weighted by Gasteiger charge is -2.19. The number of hydrogen-bond acceptors (Lipinski definition) is 9. The fourth-order valence-electron chi connectivity index (χ4n) is 3.92. The first-order chi connectivity index (χ1) is 19.9. The summed E-state index contributed by atoms with van der Waals surface area (Å²) in [4.78, 5) is 46.0. The molecule has 0 aliphatic carbocycles. The van der Waals surface area contributed by atoms with Gasteiger partial charge in [-0.25, -0.2) is 4.98 Å². The Morgan fingerprint density at radius 1 is 1.27 bits per heavy atom. The number of amides is 2. The van der Waals surface area contributed by atoms with E-state index in [-0.39, 0.29) is 17.6 Å². The molecule has 4 N–H and O–H groups in total. The van der Waals surface area contributed by atoms with E-state index < -0.39 is 0 Å². The molecule has 2 amide bonds. The molecule has 1 unspecified atom stereocenters. The number of hydrogen-bond donors (Lipinski definition) is 4. The molecule has 222 valence electrons. The molecule has 0 bridgehead atoms. The van der Waals surface area contributed by atoms with Gasteiger partial charge in [0.1, 0.15) is 17.6 Å². The molecule has 0 aliphatic rings. The Balaban J connectivity index is 3.30. The van der Waals surface area contributed by atoms with Gasteiger partial charge in [-0.2, -0.15) is 5.26 Å². The van der Waals surface area contributed by atoms with Crippen LogP contribution in [0.1, 0.15) is 51.5 Å². The second kappa shape index (κ2) is 20.7. The number of carbonyl (C=O) groups is 3. The van der Waals surface area contributed by atoms with Gasteiger partial charge in [0.2, 0.25) is 6.41 Å². The predicted octanol–water partition coefficient (Wildman–Crippen LogP) is 3.20. The number of nitrogens with one attached hydrogen (secondary N) is 4. The summed E-state index contributed by atoms with van der Waals surface area (Å²) in [5.74, 6) is -0.0529. The van der Waals surface area contributed by atoms with Crippen molar-refractivity contribution in [2.75, 3.05) is 50.9 Å². The lowest BCUT2D eigenvalue weighted by atomic mass is 10.0. The summed E-state index contributed by atoms with van der Waals surface area (Å²) in [5, 5.41) is 21.6. The van der Waals surface area contributed by atoms with Crippen LogP contribution in [-0.4, -0.2) is 81.5 Å². The number of nitriles is 1. The van der Waals surface area contributed by atoms with E-state index in [1.807, 2.05) is 32.0 Å². The van der Waals surface area contributed by atoms with Crippen molar-refractivity contribution in [3.05, 3.63) is 52.9 Å². The number of allylic oxidation sites excluding steroid dienone is 3. The van der Waals surface area contributed by atoms with E-state index in [1.165, 1.54) is 6.20 Å². The van der Waals surface area contributed by atoms with Crippen molar-refractivity contribution in [1.29, 1.82) is 5.26 Å². The van der Waals surface area contributed by atoms with Crippen LogP contribution in [0.2, 0.25) is 0 Å². The average Bonchev–Trinajstić information content (AvgIpc) is 2.98. The van der Waals surface area contributed by atoms with Crippen LogP contribution in [0.3, 0.4) is 0 Å². The zero-order valence-electron chi connectivity index (χ0n) is 24.7. The lowest BCUT2D eigenvalue weighted by molar-refractivity contribution is -0.113. The number of aromatic nitrogens is 1. The zero-order chi connectivity index (χ0) is 30.5. The van der Waals surface area contributed by atoms with Gasteiger partial charge in [-0.15, -0.1) is 0 Å². The SMILES string of the molecule is C=N/C(C=O)=C(\C=C(\CCCNC)C(=O)Nc1cc(NC(CC)C/C=C/C)c(C#N)cn1)CCN(C)CCNC=O. The standard InChI is InChI=1S/C30H44N8O3/c1-6-8-11-26(7-2)36-27-18-29(35-20-25(27)19-31)37-30(41)24(10-9-13-32-3)17-23(28(21-39)33-4)12-15-38(5)16-14-34-22-40/h6,8,17-18,20-22,26,32H,4,7,9-16H2,1-3,5H3,(H,34,40)(H2,35,36,37,41)/b8-6+,24-17-,28-23-. The molecule has 1 aromatic rings. The monoisotopic (exact) mass is 564 g/mol. The largest absolute Gasteiger partial charge is 0.381 e. The van der Waals surface area contributed by atoms with E-state index in [4.69, 9.17) is 0 Å². The Kier molecular flexibility index (Phi) is 17.6. The van der Waals surface area contributed by atoms with E-state index in [9.17, 15) is 19.6 Å². The summed E-state index contributed by atoms with van der Waals surface area (Å²) in [6, 6.07) is 3.94. The molecule has 1 heterocycles. The van der Waals surface area contributed by atoms with Crippen molar-refractivity contribution in [1.82, 2.24) is 20.5 Å². The van der Waals surface area contributed by atoms with Crippen molar-refractivity contribution in [2.24, 2.45) is 4.99 Å². The maximum atomic E-state index is 13.5. The summed E-state index contributed by atoms with van der Waals surface area (Å²) in [7, 11) is 3.74. The highest BCUT2D eigenvalue weighted by atomic mass is 16.2. The molecule has 0 radical (unpaired) electrons. The minimum atomic E-state index is -0.361. The molecular formula is C30H44N8O3. The zero-order valence-corrected chi connectivity index (χ0v) is 24.7. The highest BCUT2D eigenvalue weighted by Crippen LogP contribution is 2.22. The van der Waals surface area contributed by atoms with Gasteiger partial charge in [0.25, 0.3) is 5.91 Å². The minimum absolute atomic E-state index is 0.120. The maximum Gasteiger partial charge on any atom is 0.252 e. The third kappa shape index (κ3) is 13.2. The van der Waals surface area contributed by atoms with Crippen molar-refractivity contribution in [2.45, 2.75) is 52.0 Å². The Hall–Kier alpha value is -4.14. The van der Waals surface area contributed by atoms with Crippen LogP contribution in [0.5, 0.6) is 0 Å². The molecule has 1 rings (SSSR count). The van der Waals surface area contributed by atoms with Crippen LogP contribution >= 0.6 is 0 Å². The Bertz CT molecular complexity index is 1130. The summed E-state index contributed by atoms with van der Waals surface area (Å²) in [6.07, 6.45) is 11.7. The van der Waals surface area contributed by atoms with E-state index in [0.29, 0.717) is 86.4 Å². The Morgan fingerprint density at radius 2 is 2.05 bits per heavy atom. The molecule has 0 aromatic carbocycles. The second-order valence-corrected chi connectivity index (χ2v) is 9.42. The number of rotatable bonds is 21. The molecule has 0 aliphatic heterocycles. The molecule has 1 atom stereocenters. The quantitative estimate of drug-likeness (QED) is 0.0444. The van der Waals surface area contributed by atoms with Crippen molar-refractivity contribution < 1.29 is 14.4 Å². The first kappa shape index (κ1) is 34.9. The molecule has 0 fully saturated rings. The van der Waals surface area contributed by atoms with E-state index >= 15 is 0 Å². The van der Waals surface area contributed by atoms with Gasteiger partial charge in [0, 0.05) is 43.5 Å². The number of carbonyl (C=O) groups excluding carboxylic acids is 3. The number of anilines is 2. The summed E-state index contributed by atoms with van der Waals surface area (Å²) < 4.78 is 0. The van der Waals surface area contributed by atoms with Gasteiger partial charge in [0.15, 0.2) is 6.29 Å². The lowest BCUT2D eigenvalue weighted by Crippen LogP contribution is -2.29. The molecule has 0 saturated carbocycles. The molecule has 41 heavy (non-hydrogen) atoms. The van der Waals surface area contributed by atoms with Crippen molar-refractivity contribution >= 4 is 36.8 Å². The van der Waals surface area contributed by atoms with Crippen LogP contribution in [0.25, 0.3) is 0 Å². The average molecular weight is 565 g/mol. The van der Waals surface area contributed by atoms with E-state index in [1.54, 1.807) is 12.1 Å². The van der Waals surface area contributed by atoms with Crippen LogP contribution in [-0.2, 0) is 14.4 Å². The third-order valence-corrected chi connectivity index (χ3v) is 6.38. The summed E-state index contributed by atoms with van der Waals surface area (Å²) in [5.41, 5.74) is 2.20. The Morgan fingerprint density at radius 3 is 2.66 bits per heavy atom. The molecule has 11 nitrogen and oxygen atoms in total. The molecule has 0 saturated heterocycles. The molecule has 11 heteroatoms. The van der Waals surface area contributed by atoms with Gasteiger partial charge < -0.3 is 26.2 Å². The highest BCUT2D eigenvalue weighted by molar-refractivity contribution is 6.04. The molecular weight excluding hydrogens is 520 g/mol. The smallest absolute Gasteiger partial charge is 0.252 e. The number of likely N-dealkylation sites (N-methyl/N-ethyl adjacent to an activating group) is 1. The Labute approximate surface area is 243 Å². The van der Waals surface area contributed by atoms with E-state index in [0.717, 1.165) is 12.8 Å². The number of nitrogens with zero attached hydrogens (tertiary/aromatic N) is 4. The predicted molar refractivity (Wildman–Crippen MR) is 165 cm³/mol. The van der Waals surface area contributed by atoms with Crippen LogP contribution in [0.15, 0.2) is 52.3 Å². The normalized spacial score (nSPS) is 12.8. The number of pyridine rings is 1. The first-order valence-electron chi connectivity index (χ1n) is 13.8. The van der Waals surface area contributed by atoms with Crippen LogP contribution < -0.4 is 21.3 Å². The van der Waals surface area contributed by atoms with Gasteiger partial charge in [0.05, 0.1) is 11.3 Å².